The summed E-state index contributed by atoms with van der Waals surface area (Å²) in [4.78, 5) is 6.02. The SMILES string of the molecule is OC1(CNCc2ccc(OCCF)cc2)CCN(c2ccc(F)cn2)C1. The summed E-state index contributed by atoms with van der Waals surface area (Å²) >= 11 is 0. The summed E-state index contributed by atoms with van der Waals surface area (Å²) in [5, 5.41) is 14.0. The van der Waals surface area contributed by atoms with E-state index >= 15 is 0 Å². The first-order valence-corrected chi connectivity index (χ1v) is 8.65. The highest BCUT2D eigenvalue weighted by molar-refractivity contribution is 5.40. The van der Waals surface area contributed by atoms with Crippen LogP contribution in [0, 0.1) is 5.82 Å². The molecule has 0 radical (unpaired) electrons. The molecule has 1 aromatic heterocycles. The molecule has 1 unspecified atom stereocenters. The Morgan fingerprint density at radius 1 is 1.23 bits per heavy atom. The van der Waals surface area contributed by atoms with Crippen molar-refractivity contribution in [3.8, 4) is 5.75 Å². The van der Waals surface area contributed by atoms with Crippen LogP contribution in [-0.4, -0.2) is 48.6 Å². The smallest absolute Gasteiger partial charge is 0.141 e. The minimum atomic E-state index is -0.847. The minimum Gasteiger partial charge on any atom is -0.491 e. The predicted molar refractivity (Wildman–Crippen MR) is 95.6 cm³/mol. The lowest BCUT2D eigenvalue weighted by molar-refractivity contribution is 0.0626. The number of nitrogens with zero attached hydrogens (tertiary/aromatic N) is 2. The molecular formula is C19H23F2N3O2. The van der Waals surface area contributed by atoms with E-state index in [9.17, 15) is 13.9 Å². The molecule has 0 amide bonds. The summed E-state index contributed by atoms with van der Waals surface area (Å²) in [6.07, 6.45) is 1.81. The second-order valence-electron chi connectivity index (χ2n) is 6.52. The predicted octanol–water partition coefficient (Wildman–Crippen LogP) is 2.30. The van der Waals surface area contributed by atoms with E-state index in [2.05, 4.69) is 10.3 Å². The fourth-order valence-electron chi connectivity index (χ4n) is 3.05. The standard InChI is InChI=1S/C19H23F2N3O2/c20-8-10-26-17-4-1-15(2-5-17)11-22-13-19(25)7-9-24(14-19)18-6-3-16(21)12-23-18/h1-6,12,22,25H,7-11,13-14H2. The van der Waals surface area contributed by atoms with Gasteiger partial charge in [-0.05, 0) is 36.2 Å². The van der Waals surface area contributed by atoms with Gasteiger partial charge in [0.15, 0.2) is 0 Å². The number of benzene rings is 1. The molecule has 1 aliphatic heterocycles. The highest BCUT2D eigenvalue weighted by Crippen LogP contribution is 2.25. The molecule has 1 atom stereocenters. The summed E-state index contributed by atoms with van der Waals surface area (Å²) in [5.41, 5.74) is 0.205. The Labute approximate surface area is 151 Å². The molecular weight excluding hydrogens is 340 g/mol. The summed E-state index contributed by atoms with van der Waals surface area (Å²) in [5.74, 6) is 0.945. The van der Waals surface area contributed by atoms with E-state index in [0.29, 0.717) is 44.2 Å². The number of ether oxygens (including phenoxy) is 1. The van der Waals surface area contributed by atoms with Crippen molar-refractivity contribution in [1.29, 1.82) is 0 Å². The van der Waals surface area contributed by atoms with Gasteiger partial charge in [-0.3, -0.25) is 0 Å². The number of alkyl halides is 1. The van der Waals surface area contributed by atoms with Crippen LogP contribution in [0.1, 0.15) is 12.0 Å². The average Bonchev–Trinajstić information content (AvgIpc) is 3.04. The molecule has 2 aromatic rings. The highest BCUT2D eigenvalue weighted by atomic mass is 19.1. The molecule has 0 saturated carbocycles. The van der Waals surface area contributed by atoms with Crippen LogP contribution in [0.2, 0.25) is 0 Å². The van der Waals surface area contributed by atoms with Gasteiger partial charge in [0.25, 0.3) is 0 Å². The number of hydrogen-bond acceptors (Lipinski definition) is 5. The molecule has 1 fully saturated rings. The van der Waals surface area contributed by atoms with Crippen LogP contribution in [0.15, 0.2) is 42.6 Å². The van der Waals surface area contributed by atoms with E-state index in [0.717, 1.165) is 5.56 Å². The first-order chi connectivity index (χ1) is 12.6. The van der Waals surface area contributed by atoms with Gasteiger partial charge in [0.2, 0.25) is 0 Å². The maximum Gasteiger partial charge on any atom is 0.141 e. The van der Waals surface area contributed by atoms with Gasteiger partial charge in [-0.15, -0.1) is 0 Å². The van der Waals surface area contributed by atoms with Gasteiger partial charge in [-0.25, -0.2) is 13.8 Å². The molecule has 2 heterocycles. The van der Waals surface area contributed by atoms with E-state index < -0.39 is 12.3 Å². The quantitative estimate of drug-likeness (QED) is 0.754. The topological polar surface area (TPSA) is 57.6 Å². The molecule has 5 nitrogen and oxygen atoms in total. The van der Waals surface area contributed by atoms with E-state index in [1.54, 1.807) is 18.2 Å². The van der Waals surface area contributed by atoms with Crippen molar-refractivity contribution >= 4 is 5.82 Å². The molecule has 2 N–H and O–H groups in total. The van der Waals surface area contributed by atoms with E-state index in [1.165, 1.54) is 12.3 Å². The van der Waals surface area contributed by atoms with E-state index in [4.69, 9.17) is 4.74 Å². The summed E-state index contributed by atoms with van der Waals surface area (Å²) in [7, 11) is 0. The zero-order valence-corrected chi connectivity index (χ0v) is 14.5. The van der Waals surface area contributed by atoms with Crippen LogP contribution < -0.4 is 15.0 Å². The zero-order chi connectivity index (χ0) is 18.4. The molecule has 1 aromatic carbocycles. The van der Waals surface area contributed by atoms with Crippen molar-refractivity contribution in [2.24, 2.45) is 0 Å². The number of aromatic nitrogens is 1. The third-order valence-corrected chi connectivity index (χ3v) is 4.42. The normalized spacial score (nSPS) is 19.7. The first-order valence-electron chi connectivity index (χ1n) is 8.65. The summed E-state index contributed by atoms with van der Waals surface area (Å²) in [6.45, 7) is 1.74. The Morgan fingerprint density at radius 2 is 2.04 bits per heavy atom. The monoisotopic (exact) mass is 363 g/mol. The number of aliphatic hydroxyl groups is 1. The molecule has 0 bridgehead atoms. The lowest BCUT2D eigenvalue weighted by Crippen LogP contribution is -2.43. The Balaban J connectivity index is 1.46. The summed E-state index contributed by atoms with van der Waals surface area (Å²) in [6, 6.07) is 10.4. The molecule has 1 aliphatic rings. The van der Waals surface area contributed by atoms with Gasteiger partial charge in [0, 0.05) is 26.2 Å². The van der Waals surface area contributed by atoms with Crippen LogP contribution in [0.25, 0.3) is 0 Å². The number of nitrogens with one attached hydrogen (secondary N) is 1. The molecule has 3 rings (SSSR count). The van der Waals surface area contributed by atoms with Crippen molar-refractivity contribution < 1.29 is 18.6 Å². The molecule has 7 heteroatoms. The fourth-order valence-corrected chi connectivity index (χ4v) is 3.05. The number of halogens is 2. The van der Waals surface area contributed by atoms with Crippen molar-refractivity contribution in [2.75, 3.05) is 37.8 Å². The lowest BCUT2D eigenvalue weighted by Gasteiger charge is -2.24. The molecule has 26 heavy (non-hydrogen) atoms. The van der Waals surface area contributed by atoms with Gasteiger partial charge in [-0.2, -0.15) is 0 Å². The Bertz CT molecular complexity index is 697. The van der Waals surface area contributed by atoms with Gasteiger partial charge in [-0.1, -0.05) is 12.1 Å². The third kappa shape index (κ3) is 4.89. The van der Waals surface area contributed by atoms with E-state index in [-0.39, 0.29) is 12.4 Å². The van der Waals surface area contributed by atoms with Crippen LogP contribution in [-0.2, 0) is 6.54 Å². The Kier molecular flexibility index (Phi) is 6.00. The van der Waals surface area contributed by atoms with Gasteiger partial charge >= 0.3 is 0 Å². The third-order valence-electron chi connectivity index (χ3n) is 4.42. The number of anilines is 1. The minimum absolute atomic E-state index is 0.0596. The van der Waals surface area contributed by atoms with Crippen LogP contribution in [0.4, 0.5) is 14.6 Å². The van der Waals surface area contributed by atoms with Crippen LogP contribution in [0.5, 0.6) is 5.75 Å². The Hall–Kier alpha value is -2.25. The van der Waals surface area contributed by atoms with Crippen molar-refractivity contribution in [3.63, 3.8) is 0 Å². The van der Waals surface area contributed by atoms with Crippen LogP contribution >= 0.6 is 0 Å². The molecule has 0 spiro atoms. The van der Waals surface area contributed by atoms with Crippen molar-refractivity contribution in [2.45, 2.75) is 18.6 Å². The van der Waals surface area contributed by atoms with Gasteiger partial charge in [0.05, 0.1) is 11.8 Å². The Morgan fingerprint density at radius 3 is 2.73 bits per heavy atom. The van der Waals surface area contributed by atoms with Crippen molar-refractivity contribution in [1.82, 2.24) is 10.3 Å². The molecule has 0 aliphatic carbocycles. The maximum atomic E-state index is 13.0. The number of rotatable bonds is 8. The second kappa shape index (κ2) is 8.42. The van der Waals surface area contributed by atoms with Crippen molar-refractivity contribution in [3.05, 3.63) is 54.0 Å². The fraction of sp³-hybridized carbons (Fsp3) is 0.421. The lowest BCUT2D eigenvalue weighted by atomic mass is 10.0. The van der Waals surface area contributed by atoms with E-state index in [1.807, 2.05) is 17.0 Å². The maximum absolute atomic E-state index is 13.0. The molecule has 140 valence electrons. The average molecular weight is 363 g/mol. The number of hydrogen-bond donors (Lipinski definition) is 2. The highest BCUT2D eigenvalue weighted by Gasteiger charge is 2.36. The molecule has 1 saturated heterocycles. The van der Waals surface area contributed by atoms with Gasteiger partial charge in [0.1, 0.15) is 30.7 Å². The summed E-state index contributed by atoms with van der Waals surface area (Å²) < 4.78 is 30.3. The number of β-amino-alcohol motifs (C(OH)–C–C–N with tert-alkyl or cyclic N) is 1. The second-order valence-corrected chi connectivity index (χ2v) is 6.52. The first kappa shape index (κ1) is 18.5. The van der Waals surface area contributed by atoms with Crippen LogP contribution in [0.3, 0.4) is 0 Å². The largest absolute Gasteiger partial charge is 0.491 e. The van der Waals surface area contributed by atoms with Gasteiger partial charge < -0.3 is 20.1 Å². The zero-order valence-electron chi connectivity index (χ0n) is 14.5. The number of pyridine rings is 1.